The van der Waals surface area contributed by atoms with Gasteiger partial charge in [-0.15, -0.1) is 5.10 Å². The second kappa shape index (κ2) is 8.06. The molecule has 1 N–H and O–H groups in total. The molecule has 0 saturated heterocycles. The molecule has 7 nitrogen and oxygen atoms in total. The Labute approximate surface area is 193 Å². The Balaban J connectivity index is 1.60. The summed E-state index contributed by atoms with van der Waals surface area (Å²) in [5, 5.41) is 8.27. The van der Waals surface area contributed by atoms with E-state index in [0.717, 1.165) is 40.3 Å². The van der Waals surface area contributed by atoms with Crippen molar-refractivity contribution in [2.75, 3.05) is 19.0 Å². The molecule has 0 radical (unpaired) electrons. The van der Waals surface area contributed by atoms with Crippen LogP contribution >= 0.6 is 0 Å². The standard InChI is InChI=1S/C26H28N4O3/c1-5-33-19-12-8-17(9-13-19)24-28-25-27-20-14-26(2,3)15-21(31)22(20)23(30(25)29-24)16-6-10-18(32-4)11-7-16/h6-13,23H,5,14-15H2,1-4H3,(H,27,28,29). The van der Waals surface area contributed by atoms with Crippen LogP contribution in [0.25, 0.3) is 11.4 Å². The molecule has 7 heteroatoms. The first-order valence-corrected chi connectivity index (χ1v) is 11.3. The number of hydrogen-bond acceptors (Lipinski definition) is 6. The Morgan fingerprint density at radius 3 is 2.42 bits per heavy atom. The fraction of sp³-hybridized carbons (Fsp3) is 0.346. The van der Waals surface area contributed by atoms with Crippen molar-refractivity contribution in [1.29, 1.82) is 0 Å². The molecule has 170 valence electrons. The molecule has 2 aliphatic rings. The number of allylic oxidation sites excluding steroid dienone is 2. The SMILES string of the molecule is CCOc1ccc(-c2nc3n(n2)C(c2ccc(OC)cc2)C2=C(CC(C)(C)CC2=O)N3)cc1. The van der Waals surface area contributed by atoms with Crippen LogP contribution in [-0.2, 0) is 4.79 Å². The van der Waals surface area contributed by atoms with Crippen molar-refractivity contribution in [3.05, 3.63) is 65.4 Å². The summed E-state index contributed by atoms with van der Waals surface area (Å²) in [4.78, 5) is 18.1. The zero-order chi connectivity index (χ0) is 23.2. The summed E-state index contributed by atoms with van der Waals surface area (Å²) in [7, 11) is 1.64. The maximum absolute atomic E-state index is 13.3. The number of nitrogens with one attached hydrogen (secondary N) is 1. The number of Topliss-reactive ketones (excluding diaryl/α,β-unsaturated/α-hetero) is 1. The van der Waals surface area contributed by atoms with Gasteiger partial charge in [-0.1, -0.05) is 26.0 Å². The highest BCUT2D eigenvalue weighted by atomic mass is 16.5. The first-order valence-electron chi connectivity index (χ1n) is 11.3. The number of ether oxygens (including phenoxy) is 2. The number of benzene rings is 2. The molecule has 1 aliphatic heterocycles. The van der Waals surface area contributed by atoms with Crippen molar-refractivity contribution in [3.63, 3.8) is 0 Å². The lowest BCUT2D eigenvalue weighted by Gasteiger charge is -2.38. The van der Waals surface area contributed by atoms with E-state index < -0.39 is 0 Å². The van der Waals surface area contributed by atoms with Gasteiger partial charge in [0.15, 0.2) is 11.6 Å². The second-order valence-corrected chi connectivity index (χ2v) is 9.29. The molecule has 33 heavy (non-hydrogen) atoms. The van der Waals surface area contributed by atoms with Gasteiger partial charge in [-0.2, -0.15) is 4.98 Å². The summed E-state index contributed by atoms with van der Waals surface area (Å²) in [5.74, 6) is 2.98. The Morgan fingerprint density at radius 2 is 1.76 bits per heavy atom. The highest BCUT2D eigenvalue weighted by molar-refractivity contribution is 6.00. The molecule has 2 aromatic carbocycles. The first kappa shape index (κ1) is 21.2. The number of hydrogen-bond donors (Lipinski definition) is 1. The minimum atomic E-state index is -0.338. The molecule has 1 aliphatic carbocycles. The van der Waals surface area contributed by atoms with E-state index in [1.54, 1.807) is 7.11 Å². The number of nitrogens with zero attached hydrogens (tertiary/aromatic N) is 3. The topological polar surface area (TPSA) is 78.3 Å². The fourth-order valence-corrected chi connectivity index (χ4v) is 4.69. The van der Waals surface area contributed by atoms with E-state index in [1.165, 1.54) is 0 Å². The molecule has 2 heterocycles. The van der Waals surface area contributed by atoms with Crippen LogP contribution in [0.3, 0.4) is 0 Å². The van der Waals surface area contributed by atoms with Gasteiger partial charge >= 0.3 is 0 Å². The van der Waals surface area contributed by atoms with Gasteiger partial charge in [0.25, 0.3) is 0 Å². The van der Waals surface area contributed by atoms with Gasteiger partial charge in [0.1, 0.15) is 17.5 Å². The molecule has 5 rings (SSSR count). The van der Waals surface area contributed by atoms with E-state index in [1.807, 2.05) is 60.1 Å². The number of fused-ring (bicyclic) bond motifs is 1. The van der Waals surface area contributed by atoms with E-state index in [9.17, 15) is 4.79 Å². The quantitative estimate of drug-likeness (QED) is 0.596. The average Bonchev–Trinajstić information content (AvgIpc) is 3.21. The monoisotopic (exact) mass is 444 g/mol. The zero-order valence-corrected chi connectivity index (χ0v) is 19.4. The van der Waals surface area contributed by atoms with Crippen LogP contribution in [0, 0.1) is 5.41 Å². The summed E-state index contributed by atoms with van der Waals surface area (Å²) < 4.78 is 12.7. The molecule has 0 spiro atoms. The number of ketones is 1. The van der Waals surface area contributed by atoms with Gasteiger partial charge in [0, 0.05) is 23.3 Å². The molecular weight excluding hydrogens is 416 g/mol. The van der Waals surface area contributed by atoms with Gasteiger partial charge < -0.3 is 14.8 Å². The van der Waals surface area contributed by atoms with Gasteiger partial charge in [0.2, 0.25) is 5.95 Å². The summed E-state index contributed by atoms with van der Waals surface area (Å²) in [6.45, 7) is 6.83. The van der Waals surface area contributed by atoms with Crippen molar-refractivity contribution in [1.82, 2.24) is 14.8 Å². The minimum absolute atomic E-state index is 0.104. The third kappa shape index (κ3) is 3.88. The van der Waals surface area contributed by atoms with Crippen LogP contribution in [-0.4, -0.2) is 34.3 Å². The van der Waals surface area contributed by atoms with E-state index in [4.69, 9.17) is 19.6 Å². The van der Waals surface area contributed by atoms with Crippen molar-refractivity contribution in [2.45, 2.75) is 39.7 Å². The number of aromatic nitrogens is 3. The lowest BCUT2D eigenvalue weighted by molar-refractivity contribution is -0.118. The highest BCUT2D eigenvalue weighted by Gasteiger charge is 2.41. The smallest absolute Gasteiger partial charge is 0.226 e. The van der Waals surface area contributed by atoms with E-state index in [0.29, 0.717) is 24.8 Å². The number of methoxy groups -OCH3 is 1. The van der Waals surface area contributed by atoms with Gasteiger partial charge in [-0.3, -0.25) is 4.79 Å². The number of carbonyl (C=O) groups excluding carboxylic acids is 1. The minimum Gasteiger partial charge on any atom is -0.497 e. The van der Waals surface area contributed by atoms with Crippen LogP contribution in [0.15, 0.2) is 59.8 Å². The maximum atomic E-state index is 13.3. The van der Waals surface area contributed by atoms with Crippen molar-refractivity contribution in [2.24, 2.45) is 5.41 Å². The maximum Gasteiger partial charge on any atom is 0.226 e. The van der Waals surface area contributed by atoms with Gasteiger partial charge in [0.05, 0.1) is 13.7 Å². The molecular formula is C26H28N4O3. The second-order valence-electron chi connectivity index (χ2n) is 9.29. The highest BCUT2D eigenvalue weighted by Crippen LogP contribution is 2.45. The van der Waals surface area contributed by atoms with E-state index in [-0.39, 0.29) is 17.2 Å². The molecule has 1 atom stereocenters. The molecule has 1 aromatic heterocycles. The van der Waals surface area contributed by atoms with Crippen LogP contribution in [0.2, 0.25) is 0 Å². The van der Waals surface area contributed by atoms with Crippen molar-refractivity contribution in [3.8, 4) is 22.9 Å². The predicted molar refractivity (Wildman–Crippen MR) is 126 cm³/mol. The van der Waals surface area contributed by atoms with Gasteiger partial charge in [-0.05, 0) is 60.7 Å². The summed E-state index contributed by atoms with van der Waals surface area (Å²) >= 11 is 0. The van der Waals surface area contributed by atoms with Crippen LogP contribution in [0.4, 0.5) is 5.95 Å². The normalized spacial score (nSPS) is 18.9. The third-order valence-electron chi connectivity index (χ3n) is 6.19. The summed E-state index contributed by atoms with van der Waals surface area (Å²) in [6.07, 6.45) is 1.29. The molecule has 1 unspecified atom stereocenters. The Kier molecular flexibility index (Phi) is 5.19. The van der Waals surface area contributed by atoms with Crippen molar-refractivity contribution < 1.29 is 14.3 Å². The first-order chi connectivity index (χ1) is 15.9. The largest absolute Gasteiger partial charge is 0.497 e. The third-order valence-corrected chi connectivity index (χ3v) is 6.19. The summed E-state index contributed by atoms with van der Waals surface area (Å²) in [6, 6.07) is 15.2. The molecule has 0 amide bonds. The number of carbonyl (C=O) groups is 1. The van der Waals surface area contributed by atoms with Gasteiger partial charge in [-0.25, -0.2) is 4.68 Å². The Morgan fingerprint density at radius 1 is 1.06 bits per heavy atom. The molecule has 0 saturated carbocycles. The molecule has 0 fully saturated rings. The van der Waals surface area contributed by atoms with Crippen LogP contribution in [0.1, 0.15) is 45.2 Å². The lowest BCUT2D eigenvalue weighted by atomic mass is 9.73. The zero-order valence-electron chi connectivity index (χ0n) is 19.4. The van der Waals surface area contributed by atoms with Crippen LogP contribution in [0.5, 0.6) is 11.5 Å². The molecule has 0 bridgehead atoms. The Hall–Kier alpha value is -3.61. The fourth-order valence-electron chi connectivity index (χ4n) is 4.69. The number of rotatable bonds is 5. The summed E-state index contributed by atoms with van der Waals surface area (Å²) in [5.41, 5.74) is 3.47. The van der Waals surface area contributed by atoms with E-state index >= 15 is 0 Å². The van der Waals surface area contributed by atoms with Crippen molar-refractivity contribution >= 4 is 11.7 Å². The predicted octanol–water partition coefficient (Wildman–Crippen LogP) is 5.01. The Bertz CT molecular complexity index is 1220. The van der Waals surface area contributed by atoms with E-state index in [2.05, 4.69) is 19.2 Å². The lowest BCUT2D eigenvalue weighted by Crippen LogP contribution is -2.36. The van der Waals surface area contributed by atoms with Crippen LogP contribution < -0.4 is 14.8 Å². The number of anilines is 1. The molecule has 3 aromatic rings. The average molecular weight is 445 g/mol.